The quantitative estimate of drug-likeness (QED) is 0.803. The van der Waals surface area contributed by atoms with Gasteiger partial charge in [-0.3, -0.25) is 4.79 Å². The van der Waals surface area contributed by atoms with Crippen LogP contribution in [0.3, 0.4) is 0 Å². The standard InChI is InChI=1S/C23H25N3O5/c27-22(25-7-1-2-8-25)16-3-5-19-17(13-16)15-26(9-10-29-19)23(28)24-18-4-6-20-21(14-18)31-12-11-30-20/h3-6,13-14H,1-2,7-12,15H2,(H,24,28). The number of carbonyl (C=O) groups excluding carboxylic acids is 2. The molecule has 0 spiro atoms. The Morgan fingerprint density at radius 2 is 1.52 bits per heavy atom. The van der Waals surface area contributed by atoms with E-state index in [9.17, 15) is 9.59 Å². The molecule has 3 aliphatic rings. The maximum absolute atomic E-state index is 12.9. The number of urea groups is 1. The molecule has 1 N–H and O–H groups in total. The Balaban J connectivity index is 1.31. The fourth-order valence-electron chi connectivity index (χ4n) is 4.13. The van der Waals surface area contributed by atoms with Crippen LogP contribution in [0.4, 0.5) is 10.5 Å². The van der Waals surface area contributed by atoms with Crippen LogP contribution in [0.5, 0.6) is 17.2 Å². The van der Waals surface area contributed by atoms with Crippen molar-refractivity contribution < 1.29 is 23.8 Å². The summed E-state index contributed by atoms with van der Waals surface area (Å²) < 4.78 is 16.9. The number of nitrogens with one attached hydrogen (secondary N) is 1. The Bertz CT molecular complexity index is 1000. The summed E-state index contributed by atoms with van der Waals surface area (Å²) in [7, 11) is 0. The third-order valence-corrected chi connectivity index (χ3v) is 5.76. The van der Waals surface area contributed by atoms with Gasteiger partial charge in [0.2, 0.25) is 0 Å². The largest absolute Gasteiger partial charge is 0.491 e. The number of hydrogen-bond donors (Lipinski definition) is 1. The molecule has 3 heterocycles. The van der Waals surface area contributed by atoms with E-state index in [4.69, 9.17) is 14.2 Å². The van der Waals surface area contributed by atoms with Gasteiger partial charge >= 0.3 is 6.03 Å². The molecule has 0 aromatic heterocycles. The molecule has 0 saturated carbocycles. The molecule has 162 valence electrons. The van der Waals surface area contributed by atoms with E-state index in [2.05, 4.69) is 5.32 Å². The third kappa shape index (κ3) is 4.10. The SMILES string of the molecule is O=C(Nc1ccc2c(c1)OCCO2)N1CCOc2ccc(C(=O)N3CCCC3)cc2C1. The van der Waals surface area contributed by atoms with Crippen LogP contribution in [0.15, 0.2) is 36.4 Å². The number of benzene rings is 2. The Hall–Kier alpha value is -3.42. The summed E-state index contributed by atoms with van der Waals surface area (Å²) in [6, 6.07) is 10.6. The third-order valence-electron chi connectivity index (χ3n) is 5.76. The second-order valence-electron chi connectivity index (χ2n) is 7.88. The fraction of sp³-hybridized carbons (Fsp3) is 0.391. The topological polar surface area (TPSA) is 80.3 Å². The summed E-state index contributed by atoms with van der Waals surface area (Å²) in [6.45, 7) is 3.82. The molecule has 0 unspecified atom stereocenters. The molecule has 5 rings (SSSR count). The summed E-state index contributed by atoms with van der Waals surface area (Å²) in [5.41, 5.74) is 2.11. The van der Waals surface area contributed by atoms with Crippen molar-refractivity contribution in [2.75, 3.05) is 44.8 Å². The van der Waals surface area contributed by atoms with E-state index < -0.39 is 0 Å². The first-order valence-electron chi connectivity index (χ1n) is 10.7. The second-order valence-corrected chi connectivity index (χ2v) is 7.88. The first-order chi connectivity index (χ1) is 15.2. The van der Waals surface area contributed by atoms with Gasteiger partial charge in [0.25, 0.3) is 5.91 Å². The van der Waals surface area contributed by atoms with Crippen molar-refractivity contribution in [1.29, 1.82) is 0 Å². The molecule has 0 bridgehead atoms. The van der Waals surface area contributed by atoms with Crippen LogP contribution >= 0.6 is 0 Å². The molecule has 31 heavy (non-hydrogen) atoms. The number of nitrogens with zero attached hydrogens (tertiary/aromatic N) is 2. The van der Waals surface area contributed by atoms with Crippen molar-refractivity contribution >= 4 is 17.6 Å². The summed E-state index contributed by atoms with van der Waals surface area (Å²) in [6.07, 6.45) is 2.10. The van der Waals surface area contributed by atoms with Gasteiger partial charge in [0.05, 0.1) is 13.1 Å². The van der Waals surface area contributed by atoms with Crippen LogP contribution in [0, 0.1) is 0 Å². The number of ether oxygens (including phenoxy) is 3. The van der Waals surface area contributed by atoms with Gasteiger partial charge in [0.1, 0.15) is 25.6 Å². The number of likely N-dealkylation sites (tertiary alicyclic amines) is 1. The van der Waals surface area contributed by atoms with Crippen LogP contribution in [0.2, 0.25) is 0 Å². The van der Waals surface area contributed by atoms with Crippen molar-refractivity contribution in [2.24, 2.45) is 0 Å². The van der Waals surface area contributed by atoms with Crippen molar-refractivity contribution in [2.45, 2.75) is 19.4 Å². The molecule has 8 heteroatoms. The van der Waals surface area contributed by atoms with Crippen LogP contribution in [-0.2, 0) is 6.54 Å². The van der Waals surface area contributed by atoms with E-state index in [1.165, 1.54) is 0 Å². The Morgan fingerprint density at radius 1 is 0.774 bits per heavy atom. The number of hydrogen-bond acceptors (Lipinski definition) is 5. The highest BCUT2D eigenvalue weighted by molar-refractivity contribution is 5.95. The van der Waals surface area contributed by atoms with Gasteiger partial charge in [0.15, 0.2) is 11.5 Å². The normalized spacial score (nSPS) is 17.4. The van der Waals surface area contributed by atoms with E-state index in [0.717, 1.165) is 31.5 Å². The van der Waals surface area contributed by atoms with Gasteiger partial charge in [-0.15, -0.1) is 0 Å². The smallest absolute Gasteiger partial charge is 0.322 e. The van der Waals surface area contributed by atoms with Crippen molar-refractivity contribution in [1.82, 2.24) is 9.80 Å². The summed E-state index contributed by atoms with van der Waals surface area (Å²) in [4.78, 5) is 29.3. The molecule has 0 aliphatic carbocycles. The van der Waals surface area contributed by atoms with Gasteiger partial charge in [-0.05, 0) is 43.2 Å². The van der Waals surface area contributed by atoms with Crippen molar-refractivity contribution in [3.8, 4) is 17.2 Å². The monoisotopic (exact) mass is 423 g/mol. The van der Waals surface area contributed by atoms with E-state index in [0.29, 0.717) is 61.4 Å². The van der Waals surface area contributed by atoms with Gasteiger partial charge < -0.3 is 29.3 Å². The second kappa shape index (κ2) is 8.37. The summed E-state index contributed by atoms with van der Waals surface area (Å²) in [5, 5.41) is 2.92. The zero-order valence-corrected chi connectivity index (χ0v) is 17.3. The zero-order chi connectivity index (χ0) is 21.2. The summed E-state index contributed by atoms with van der Waals surface area (Å²) >= 11 is 0. The van der Waals surface area contributed by atoms with Gasteiger partial charge in [0, 0.05) is 36.0 Å². The molecule has 2 aromatic rings. The van der Waals surface area contributed by atoms with Crippen LogP contribution in [-0.4, -0.2) is 61.2 Å². The number of fused-ring (bicyclic) bond motifs is 2. The lowest BCUT2D eigenvalue weighted by atomic mass is 10.1. The first-order valence-corrected chi connectivity index (χ1v) is 10.7. The van der Waals surface area contributed by atoms with E-state index >= 15 is 0 Å². The molecular weight excluding hydrogens is 398 g/mol. The highest BCUT2D eigenvalue weighted by Gasteiger charge is 2.24. The lowest BCUT2D eigenvalue weighted by Crippen LogP contribution is -2.36. The van der Waals surface area contributed by atoms with Crippen LogP contribution in [0.1, 0.15) is 28.8 Å². The molecule has 2 aromatic carbocycles. The van der Waals surface area contributed by atoms with Crippen LogP contribution < -0.4 is 19.5 Å². The lowest BCUT2D eigenvalue weighted by Gasteiger charge is -2.22. The molecule has 0 atom stereocenters. The molecular formula is C23H25N3O5. The van der Waals surface area contributed by atoms with Crippen molar-refractivity contribution in [3.05, 3.63) is 47.5 Å². The van der Waals surface area contributed by atoms with E-state index in [1.807, 2.05) is 23.1 Å². The minimum absolute atomic E-state index is 0.0387. The number of carbonyl (C=O) groups is 2. The number of anilines is 1. The van der Waals surface area contributed by atoms with E-state index in [-0.39, 0.29) is 11.9 Å². The molecule has 8 nitrogen and oxygen atoms in total. The fourth-order valence-corrected chi connectivity index (χ4v) is 4.13. The van der Waals surface area contributed by atoms with Crippen molar-refractivity contribution in [3.63, 3.8) is 0 Å². The maximum atomic E-state index is 12.9. The van der Waals surface area contributed by atoms with Gasteiger partial charge in [-0.2, -0.15) is 0 Å². The number of rotatable bonds is 2. The molecule has 1 saturated heterocycles. The predicted molar refractivity (Wildman–Crippen MR) is 114 cm³/mol. The summed E-state index contributed by atoms with van der Waals surface area (Å²) in [5.74, 6) is 2.06. The highest BCUT2D eigenvalue weighted by Crippen LogP contribution is 2.33. The molecule has 0 radical (unpaired) electrons. The Kier molecular flexibility index (Phi) is 5.28. The zero-order valence-electron chi connectivity index (χ0n) is 17.3. The van der Waals surface area contributed by atoms with Crippen LogP contribution in [0.25, 0.3) is 0 Å². The van der Waals surface area contributed by atoms with Gasteiger partial charge in [-0.1, -0.05) is 0 Å². The Labute approximate surface area is 180 Å². The molecule has 1 fully saturated rings. The maximum Gasteiger partial charge on any atom is 0.322 e. The average Bonchev–Trinajstić information content (AvgIpc) is 3.25. The molecule has 3 amide bonds. The minimum atomic E-state index is -0.232. The highest BCUT2D eigenvalue weighted by atomic mass is 16.6. The first kappa shape index (κ1) is 19.5. The average molecular weight is 423 g/mol. The predicted octanol–water partition coefficient (Wildman–Crippen LogP) is 3.12. The van der Waals surface area contributed by atoms with Gasteiger partial charge in [-0.25, -0.2) is 4.79 Å². The minimum Gasteiger partial charge on any atom is -0.491 e. The van der Waals surface area contributed by atoms with E-state index in [1.54, 1.807) is 23.1 Å². The number of amides is 3. The molecule has 3 aliphatic heterocycles. The Morgan fingerprint density at radius 3 is 2.35 bits per heavy atom. The lowest BCUT2D eigenvalue weighted by molar-refractivity contribution is 0.0792.